The molecule has 1 aromatic heterocycles. The zero-order valence-corrected chi connectivity index (χ0v) is 23.3. The molecule has 10 nitrogen and oxygen atoms in total. The SMILES string of the molecule is N#C/C(=C\c1ccc(-c2ccc3cc(NCCN4CCOCC4)ccc3c2)s1)C(=O)NC[C@H]1OC[C@H](O)[C@@H](O)[C@@H]1O. The van der Waals surface area contributed by atoms with Crippen molar-refractivity contribution in [3.63, 3.8) is 0 Å². The number of rotatable bonds is 9. The first kappa shape index (κ1) is 29.2. The van der Waals surface area contributed by atoms with Gasteiger partial charge in [-0.1, -0.05) is 18.2 Å². The third kappa shape index (κ3) is 7.30. The van der Waals surface area contributed by atoms with Crippen LogP contribution in [0.2, 0.25) is 0 Å². The van der Waals surface area contributed by atoms with Gasteiger partial charge in [-0.05, 0) is 52.7 Å². The maximum Gasteiger partial charge on any atom is 0.262 e. The normalized spacial score (nSPS) is 23.7. The number of anilines is 1. The van der Waals surface area contributed by atoms with Crippen molar-refractivity contribution in [2.24, 2.45) is 0 Å². The van der Waals surface area contributed by atoms with Crippen LogP contribution in [0, 0.1) is 11.3 Å². The van der Waals surface area contributed by atoms with Gasteiger partial charge in [0.25, 0.3) is 5.91 Å². The molecule has 3 heterocycles. The van der Waals surface area contributed by atoms with E-state index in [1.165, 1.54) is 17.4 Å². The molecule has 3 aromatic rings. The summed E-state index contributed by atoms with van der Waals surface area (Å²) < 4.78 is 10.7. The number of nitrogens with one attached hydrogen (secondary N) is 2. The predicted molar refractivity (Wildman–Crippen MR) is 157 cm³/mol. The van der Waals surface area contributed by atoms with E-state index >= 15 is 0 Å². The van der Waals surface area contributed by atoms with Crippen LogP contribution in [0.4, 0.5) is 5.69 Å². The zero-order chi connectivity index (χ0) is 28.8. The second kappa shape index (κ2) is 13.5. The Labute approximate surface area is 242 Å². The number of thiophene rings is 1. The minimum atomic E-state index is -1.36. The minimum absolute atomic E-state index is 0.0866. The predicted octanol–water partition coefficient (Wildman–Crippen LogP) is 1.82. The van der Waals surface area contributed by atoms with Crippen LogP contribution in [0.25, 0.3) is 27.3 Å². The Morgan fingerprint density at radius 1 is 1.07 bits per heavy atom. The number of ether oxygens (including phenoxy) is 2. The first-order valence-electron chi connectivity index (χ1n) is 13.6. The highest BCUT2D eigenvalue weighted by Crippen LogP contribution is 2.32. The van der Waals surface area contributed by atoms with Crippen molar-refractivity contribution in [3.8, 4) is 16.5 Å². The minimum Gasteiger partial charge on any atom is -0.388 e. The Balaban J connectivity index is 1.19. The van der Waals surface area contributed by atoms with Crippen LogP contribution in [0.5, 0.6) is 0 Å². The molecule has 216 valence electrons. The maximum atomic E-state index is 12.6. The molecular formula is C30H34N4O6S. The van der Waals surface area contributed by atoms with E-state index in [0.29, 0.717) is 0 Å². The van der Waals surface area contributed by atoms with Crippen molar-refractivity contribution in [3.05, 3.63) is 59.0 Å². The molecule has 1 amide bonds. The van der Waals surface area contributed by atoms with E-state index in [9.17, 15) is 25.4 Å². The molecule has 0 spiro atoms. The molecule has 2 saturated heterocycles. The smallest absolute Gasteiger partial charge is 0.262 e. The molecule has 2 fully saturated rings. The van der Waals surface area contributed by atoms with Gasteiger partial charge in [-0.15, -0.1) is 11.3 Å². The number of carbonyl (C=O) groups is 1. The van der Waals surface area contributed by atoms with Crippen LogP contribution in [0.1, 0.15) is 4.88 Å². The summed E-state index contributed by atoms with van der Waals surface area (Å²) in [4.78, 5) is 16.8. The van der Waals surface area contributed by atoms with Crippen molar-refractivity contribution in [1.82, 2.24) is 10.2 Å². The van der Waals surface area contributed by atoms with Crippen LogP contribution in [-0.4, -0.2) is 103 Å². The van der Waals surface area contributed by atoms with Gasteiger partial charge in [-0.2, -0.15) is 5.26 Å². The lowest BCUT2D eigenvalue weighted by molar-refractivity contribution is -0.185. The monoisotopic (exact) mass is 578 g/mol. The quantitative estimate of drug-likeness (QED) is 0.189. The number of hydrogen-bond donors (Lipinski definition) is 5. The number of amides is 1. The first-order valence-corrected chi connectivity index (χ1v) is 14.5. The lowest BCUT2D eigenvalue weighted by atomic mass is 10.00. The van der Waals surface area contributed by atoms with Gasteiger partial charge in [0.15, 0.2) is 0 Å². The van der Waals surface area contributed by atoms with Crippen molar-refractivity contribution in [2.45, 2.75) is 24.4 Å². The summed E-state index contributed by atoms with van der Waals surface area (Å²) in [5.74, 6) is -0.612. The fraction of sp³-hybridized carbons (Fsp3) is 0.400. The summed E-state index contributed by atoms with van der Waals surface area (Å²) in [6.07, 6.45) is -3.26. The first-order chi connectivity index (χ1) is 19.9. The van der Waals surface area contributed by atoms with E-state index in [0.717, 1.165) is 71.2 Å². The van der Waals surface area contributed by atoms with Crippen molar-refractivity contribution in [2.75, 3.05) is 57.9 Å². The topological polar surface area (TPSA) is 147 Å². The molecule has 2 aliphatic rings. The average Bonchev–Trinajstić information content (AvgIpc) is 3.47. The van der Waals surface area contributed by atoms with Crippen molar-refractivity contribution < 1.29 is 29.6 Å². The second-order valence-electron chi connectivity index (χ2n) is 10.2. The highest BCUT2D eigenvalue weighted by Gasteiger charge is 2.37. The Morgan fingerprint density at radius 3 is 2.66 bits per heavy atom. The van der Waals surface area contributed by atoms with Crippen LogP contribution < -0.4 is 10.6 Å². The molecule has 11 heteroatoms. The average molecular weight is 579 g/mol. The van der Waals surface area contributed by atoms with E-state index in [4.69, 9.17) is 9.47 Å². The highest BCUT2D eigenvalue weighted by atomic mass is 32.1. The summed E-state index contributed by atoms with van der Waals surface area (Å²) in [7, 11) is 0. The number of nitrogens with zero attached hydrogens (tertiary/aromatic N) is 2. The fourth-order valence-electron chi connectivity index (χ4n) is 4.90. The molecular weight excluding hydrogens is 544 g/mol. The molecule has 5 N–H and O–H groups in total. The molecule has 2 aliphatic heterocycles. The summed E-state index contributed by atoms with van der Waals surface area (Å²) >= 11 is 1.47. The number of fused-ring (bicyclic) bond motifs is 1. The molecule has 0 bridgehead atoms. The van der Waals surface area contributed by atoms with Gasteiger partial charge in [0.2, 0.25) is 0 Å². The molecule has 0 aliphatic carbocycles. The number of morpholine rings is 1. The summed E-state index contributed by atoms with van der Waals surface area (Å²) in [5, 5.41) is 47.3. The van der Waals surface area contributed by atoms with Crippen LogP contribution in [-0.2, 0) is 14.3 Å². The molecule has 41 heavy (non-hydrogen) atoms. The second-order valence-corrected chi connectivity index (χ2v) is 11.3. The van der Waals surface area contributed by atoms with Crippen LogP contribution in [0.15, 0.2) is 54.1 Å². The Hall–Kier alpha value is -3.34. The third-order valence-electron chi connectivity index (χ3n) is 7.33. The number of benzene rings is 2. The largest absolute Gasteiger partial charge is 0.388 e. The van der Waals surface area contributed by atoms with Crippen LogP contribution >= 0.6 is 11.3 Å². The number of carbonyl (C=O) groups excluding carboxylic acids is 1. The van der Waals surface area contributed by atoms with E-state index in [-0.39, 0.29) is 18.7 Å². The highest BCUT2D eigenvalue weighted by molar-refractivity contribution is 7.16. The molecule has 2 aromatic carbocycles. The summed E-state index contributed by atoms with van der Waals surface area (Å²) in [6, 6.07) is 18.4. The van der Waals surface area contributed by atoms with Gasteiger partial charge < -0.3 is 35.4 Å². The number of hydrogen-bond acceptors (Lipinski definition) is 10. The molecule has 5 rings (SSSR count). The van der Waals surface area contributed by atoms with Crippen molar-refractivity contribution in [1.29, 1.82) is 5.26 Å². The maximum absolute atomic E-state index is 12.6. The van der Waals surface area contributed by atoms with E-state index < -0.39 is 30.3 Å². The fourth-order valence-corrected chi connectivity index (χ4v) is 5.85. The zero-order valence-electron chi connectivity index (χ0n) is 22.5. The molecule has 0 radical (unpaired) electrons. The lowest BCUT2D eigenvalue weighted by Crippen LogP contribution is -2.56. The summed E-state index contributed by atoms with van der Waals surface area (Å²) in [5.41, 5.74) is 2.04. The lowest BCUT2D eigenvalue weighted by Gasteiger charge is -2.35. The Morgan fingerprint density at radius 2 is 1.85 bits per heavy atom. The third-order valence-corrected chi connectivity index (χ3v) is 8.42. The molecule has 0 saturated carbocycles. The van der Waals surface area contributed by atoms with Gasteiger partial charge in [0, 0.05) is 48.2 Å². The molecule has 4 atom stereocenters. The summed E-state index contributed by atoms with van der Waals surface area (Å²) in [6.45, 7) is 5.16. The van der Waals surface area contributed by atoms with Gasteiger partial charge in [-0.25, -0.2) is 0 Å². The Bertz CT molecular complexity index is 1430. The van der Waals surface area contributed by atoms with E-state index in [1.807, 2.05) is 18.2 Å². The number of aliphatic hydroxyl groups is 3. The van der Waals surface area contributed by atoms with Gasteiger partial charge >= 0.3 is 0 Å². The number of aliphatic hydroxyl groups excluding tert-OH is 3. The van der Waals surface area contributed by atoms with Crippen molar-refractivity contribution >= 4 is 39.8 Å². The Kier molecular flexibility index (Phi) is 9.64. The number of nitriles is 1. The standard InChI is InChI=1S/C30H34N4O6S/c31-16-22(30(38)33-17-26-29(37)28(36)25(35)18-40-26)15-24-5-6-27(41-24)21-2-1-20-14-23(4-3-19(20)13-21)32-7-8-34-9-11-39-12-10-34/h1-6,13-15,25-26,28-29,32,35-37H,7-12,17-18H2,(H,33,38)/b22-15+/t25-,26+,28+,29+/m0/s1. The van der Waals surface area contributed by atoms with Gasteiger partial charge in [0.05, 0.1) is 19.8 Å². The van der Waals surface area contributed by atoms with E-state index in [1.54, 1.807) is 0 Å². The van der Waals surface area contributed by atoms with Crippen LogP contribution in [0.3, 0.4) is 0 Å². The van der Waals surface area contributed by atoms with Gasteiger partial charge in [0.1, 0.15) is 36.1 Å². The molecule has 0 unspecified atom stereocenters. The van der Waals surface area contributed by atoms with E-state index in [2.05, 4.69) is 51.9 Å². The van der Waals surface area contributed by atoms with Gasteiger partial charge in [-0.3, -0.25) is 9.69 Å².